The van der Waals surface area contributed by atoms with Gasteiger partial charge in [-0.05, 0) is 55.9 Å². The predicted octanol–water partition coefficient (Wildman–Crippen LogP) is 3.15. The van der Waals surface area contributed by atoms with E-state index in [1.54, 1.807) is 13.0 Å². The number of carbonyl (C=O) groups excluding carboxylic acids is 2. The van der Waals surface area contributed by atoms with Crippen LogP contribution in [0.5, 0.6) is 0 Å². The lowest BCUT2D eigenvalue weighted by Gasteiger charge is -2.18. The van der Waals surface area contributed by atoms with E-state index in [-0.39, 0.29) is 6.10 Å². The summed E-state index contributed by atoms with van der Waals surface area (Å²) in [6.45, 7) is 4.05. The molecule has 1 aliphatic heterocycles. The number of cyclic esters (lactones) is 1. The zero-order chi connectivity index (χ0) is 16.8. The van der Waals surface area contributed by atoms with Crippen molar-refractivity contribution in [1.29, 1.82) is 0 Å². The van der Waals surface area contributed by atoms with Gasteiger partial charge in [-0.1, -0.05) is 6.92 Å². The molecule has 4 rings (SSSR count). The second kappa shape index (κ2) is 5.65. The van der Waals surface area contributed by atoms with Gasteiger partial charge in [-0.15, -0.1) is 0 Å². The van der Waals surface area contributed by atoms with Gasteiger partial charge < -0.3 is 14.5 Å². The number of fused-ring (bicyclic) bond motifs is 3. The van der Waals surface area contributed by atoms with Gasteiger partial charge in [0.25, 0.3) is 0 Å². The monoisotopic (exact) mass is 327 g/mol. The Hall–Kier alpha value is -2.30. The molecule has 1 saturated heterocycles. The van der Waals surface area contributed by atoms with E-state index in [0.717, 1.165) is 23.7 Å². The van der Waals surface area contributed by atoms with Crippen molar-refractivity contribution in [1.82, 2.24) is 4.98 Å². The number of nitrogens with one attached hydrogen (secondary N) is 1. The van der Waals surface area contributed by atoms with Crippen LogP contribution in [-0.2, 0) is 27.1 Å². The number of aromatic nitrogens is 1. The van der Waals surface area contributed by atoms with Crippen molar-refractivity contribution in [2.24, 2.45) is 5.92 Å². The Balaban J connectivity index is 1.61. The summed E-state index contributed by atoms with van der Waals surface area (Å²) in [6, 6.07) is 5.55. The van der Waals surface area contributed by atoms with E-state index < -0.39 is 18.0 Å². The smallest absolute Gasteiger partial charge is 0.347 e. The molecule has 0 unspecified atom stereocenters. The number of aryl methyl sites for hydroxylation is 1. The molecule has 2 aromatic rings. The number of esters is 2. The SMILES string of the molecule is C[C@H]1CCc2[nH]c3ccc(C(=O)O[C@H]4C[C@H](C)OC4=O)cc3c2C1. The first-order valence-corrected chi connectivity index (χ1v) is 8.56. The number of rotatable bonds is 2. The maximum atomic E-state index is 12.4. The zero-order valence-corrected chi connectivity index (χ0v) is 13.9. The van der Waals surface area contributed by atoms with Crippen LogP contribution in [0.2, 0.25) is 0 Å². The second-order valence-electron chi connectivity index (χ2n) is 7.07. The lowest BCUT2D eigenvalue weighted by Crippen LogP contribution is -2.22. The van der Waals surface area contributed by atoms with Crippen molar-refractivity contribution in [3.05, 3.63) is 35.0 Å². The number of hydrogen-bond donors (Lipinski definition) is 1. The summed E-state index contributed by atoms with van der Waals surface area (Å²) < 4.78 is 10.4. The highest BCUT2D eigenvalue weighted by Crippen LogP contribution is 2.32. The van der Waals surface area contributed by atoms with E-state index in [0.29, 0.717) is 17.9 Å². The van der Waals surface area contributed by atoms with Crippen LogP contribution in [0, 0.1) is 5.92 Å². The van der Waals surface area contributed by atoms with Crippen molar-refractivity contribution in [3.63, 3.8) is 0 Å². The van der Waals surface area contributed by atoms with Gasteiger partial charge in [-0.25, -0.2) is 9.59 Å². The lowest BCUT2D eigenvalue weighted by atomic mass is 9.87. The number of ether oxygens (including phenoxy) is 2. The van der Waals surface area contributed by atoms with E-state index in [2.05, 4.69) is 11.9 Å². The molecule has 1 aromatic carbocycles. The molecule has 2 aliphatic rings. The first kappa shape index (κ1) is 15.2. The molecule has 24 heavy (non-hydrogen) atoms. The predicted molar refractivity (Wildman–Crippen MR) is 88.9 cm³/mol. The summed E-state index contributed by atoms with van der Waals surface area (Å²) in [7, 11) is 0. The van der Waals surface area contributed by atoms with Gasteiger partial charge in [-0.3, -0.25) is 0 Å². The van der Waals surface area contributed by atoms with E-state index >= 15 is 0 Å². The van der Waals surface area contributed by atoms with Gasteiger partial charge in [0, 0.05) is 23.0 Å². The Morgan fingerprint density at radius 1 is 1.33 bits per heavy atom. The van der Waals surface area contributed by atoms with Crippen molar-refractivity contribution in [3.8, 4) is 0 Å². The van der Waals surface area contributed by atoms with E-state index in [1.807, 2.05) is 12.1 Å². The summed E-state index contributed by atoms with van der Waals surface area (Å²) in [5.41, 5.74) is 4.13. The van der Waals surface area contributed by atoms with Crippen LogP contribution >= 0.6 is 0 Å². The van der Waals surface area contributed by atoms with Crippen LogP contribution in [0.3, 0.4) is 0 Å². The molecule has 2 heterocycles. The third-order valence-corrected chi connectivity index (χ3v) is 5.05. The van der Waals surface area contributed by atoms with Crippen molar-refractivity contribution >= 4 is 22.8 Å². The summed E-state index contributed by atoms with van der Waals surface area (Å²) in [4.78, 5) is 27.5. The topological polar surface area (TPSA) is 68.4 Å². The van der Waals surface area contributed by atoms with Crippen LogP contribution in [0.15, 0.2) is 18.2 Å². The number of H-pyrrole nitrogens is 1. The summed E-state index contributed by atoms with van der Waals surface area (Å²) in [5, 5.41) is 1.09. The normalized spacial score (nSPS) is 26.2. The van der Waals surface area contributed by atoms with Crippen molar-refractivity contribution in [2.45, 2.75) is 51.7 Å². The standard InChI is InChI=1S/C19H21NO4/c1-10-3-5-15-13(7-10)14-9-12(4-6-16(14)20-15)18(21)24-17-8-11(2)23-19(17)22/h4,6,9-11,17,20H,3,5,7-8H2,1-2H3/t10-,11-,17-/m0/s1. The van der Waals surface area contributed by atoms with Crippen LogP contribution < -0.4 is 0 Å². The summed E-state index contributed by atoms with van der Waals surface area (Å²) in [6.07, 6.45) is 2.71. The Labute approximate surface area is 140 Å². The summed E-state index contributed by atoms with van der Waals surface area (Å²) in [5.74, 6) is -0.265. The van der Waals surface area contributed by atoms with Crippen LogP contribution in [-0.4, -0.2) is 29.1 Å². The fourth-order valence-electron chi connectivity index (χ4n) is 3.73. The van der Waals surface area contributed by atoms with Gasteiger partial charge in [0.15, 0.2) is 0 Å². The molecule has 0 bridgehead atoms. The highest BCUT2D eigenvalue weighted by atomic mass is 16.6. The Morgan fingerprint density at radius 2 is 2.17 bits per heavy atom. The first-order chi connectivity index (χ1) is 11.5. The highest BCUT2D eigenvalue weighted by molar-refractivity contribution is 5.97. The molecule has 0 radical (unpaired) electrons. The average molecular weight is 327 g/mol. The number of aromatic amines is 1. The van der Waals surface area contributed by atoms with E-state index in [9.17, 15) is 9.59 Å². The zero-order valence-electron chi connectivity index (χ0n) is 13.9. The van der Waals surface area contributed by atoms with Crippen molar-refractivity contribution in [2.75, 3.05) is 0 Å². The molecule has 5 heteroatoms. The minimum Gasteiger partial charge on any atom is -0.460 e. The third-order valence-electron chi connectivity index (χ3n) is 5.05. The molecule has 1 aromatic heterocycles. The van der Waals surface area contributed by atoms with E-state index in [4.69, 9.17) is 9.47 Å². The summed E-state index contributed by atoms with van der Waals surface area (Å²) >= 11 is 0. The molecule has 5 nitrogen and oxygen atoms in total. The maximum absolute atomic E-state index is 12.4. The molecule has 1 aliphatic carbocycles. The number of benzene rings is 1. The largest absolute Gasteiger partial charge is 0.460 e. The molecule has 1 N–H and O–H groups in total. The Bertz CT molecular complexity index is 822. The first-order valence-electron chi connectivity index (χ1n) is 8.56. The quantitative estimate of drug-likeness (QED) is 0.860. The molecule has 0 amide bonds. The molecule has 126 valence electrons. The molecular weight excluding hydrogens is 306 g/mol. The van der Waals surface area contributed by atoms with Crippen LogP contribution in [0.25, 0.3) is 10.9 Å². The van der Waals surface area contributed by atoms with E-state index in [1.165, 1.54) is 17.7 Å². The van der Waals surface area contributed by atoms with Crippen LogP contribution in [0.1, 0.15) is 48.3 Å². The fourth-order valence-corrected chi connectivity index (χ4v) is 3.73. The van der Waals surface area contributed by atoms with Crippen LogP contribution in [0.4, 0.5) is 0 Å². The Kier molecular flexibility index (Phi) is 3.59. The molecule has 0 spiro atoms. The van der Waals surface area contributed by atoms with Gasteiger partial charge in [0.1, 0.15) is 6.10 Å². The minimum atomic E-state index is -0.789. The molecule has 3 atom stereocenters. The molecule has 1 fully saturated rings. The van der Waals surface area contributed by atoms with Gasteiger partial charge >= 0.3 is 11.9 Å². The highest BCUT2D eigenvalue weighted by Gasteiger charge is 2.35. The van der Waals surface area contributed by atoms with Gasteiger partial charge in [-0.2, -0.15) is 0 Å². The number of carbonyl (C=O) groups is 2. The van der Waals surface area contributed by atoms with Gasteiger partial charge in [0.2, 0.25) is 6.10 Å². The Morgan fingerprint density at radius 3 is 2.92 bits per heavy atom. The minimum absolute atomic E-state index is 0.198. The third kappa shape index (κ3) is 2.58. The van der Waals surface area contributed by atoms with Gasteiger partial charge in [0.05, 0.1) is 5.56 Å². The van der Waals surface area contributed by atoms with Crippen molar-refractivity contribution < 1.29 is 19.1 Å². The molecule has 0 saturated carbocycles. The maximum Gasteiger partial charge on any atom is 0.347 e. The molecular formula is C19H21NO4. The second-order valence-corrected chi connectivity index (χ2v) is 7.07. The average Bonchev–Trinajstić information content (AvgIpc) is 3.06. The lowest BCUT2D eigenvalue weighted by molar-refractivity contribution is -0.147. The number of hydrogen-bond acceptors (Lipinski definition) is 4. The fraction of sp³-hybridized carbons (Fsp3) is 0.474.